The molecule has 0 atom stereocenters. The SMILES string of the molecule is CC(C)(CC(=O)Nc1nncs1)C(=O)O. The molecule has 1 amide bonds. The maximum atomic E-state index is 11.4. The third-order valence-electron chi connectivity index (χ3n) is 1.79. The summed E-state index contributed by atoms with van der Waals surface area (Å²) in [4.78, 5) is 22.1. The third kappa shape index (κ3) is 3.28. The normalized spacial score (nSPS) is 11.1. The van der Waals surface area contributed by atoms with E-state index in [2.05, 4.69) is 15.5 Å². The van der Waals surface area contributed by atoms with E-state index in [0.29, 0.717) is 5.13 Å². The lowest BCUT2D eigenvalue weighted by Gasteiger charge is -2.17. The van der Waals surface area contributed by atoms with Crippen LogP contribution in [0.2, 0.25) is 0 Å². The number of anilines is 1. The predicted molar refractivity (Wildman–Crippen MR) is 54.6 cm³/mol. The second kappa shape index (κ2) is 4.35. The van der Waals surface area contributed by atoms with Crippen molar-refractivity contribution < 1.29 is 14.7 Å². The van der Waals surface area contributed by atoms with Crippen LogP contribution in [0, 0.1) is 5.41 Å². The highest BCUT2D eigenvalue weighted by Crippen LogP contribution is 2.21. The van der Waals surface area contributed by atoms with Crippen molar-refractivity contribution in [1.82, 2.24) is 10.2 Å². The number of aliphatic carboxylic acids is 1. The molecule has 0 saturated heterocycles. The lowest BCUT2D eigenvalue weighted by Crippen LogP contribution is -2.29. The minimum Gasteiger partial charge on any atom is -0.481 e. The van der Waals surface area contributed by atoms with Crippen LogP contribution in [0.25, 0.3) is 0 Å². The van der Waals surface area contributed by atoms with Gasteiger partial charge in [-0.2, -0.15) is 0 Å². The summed E-state index contributed by atoms with van der Waals surface area (Å²) in [6.07, 6.45) is -0.0953. The van der Waals surface area contributed by atoms with Gasteiger partial charge in [-0.1, -0.05) is 11.3 Å². The highest BCUT2D eigenvalue weighted by Gasteiger charge is 2.30. The Balaban J connectivity index is 2.53. The largest absolute Gasteiger partial charge is 0.481 e. The Morgan fingerprint density at radius 2 is 2.27 bits per heavy atom. The standard InChI is InChI=1S/C8H11N3O3S/c1-8(2,6(13)14)3-5(12)10-7-11-9-4-15-7/h4H,3H2,1-2H3,(H,13,14)(H,10,11,12). The number of aromatic nitrogens is 2. The van der Waals surface area contributed by atoms with Crippen molar-refractivity contribution in [3.8, 4) is 0 Å². The molecule has 0 aliphatic heterocycles. The van der Waals surface area contributed by atoms with Crippen LogP contribution in [0.5, 0.6) is 0 Å². The van der Waals surface area contributed by atoms with Crippen LogP contribution in [0.15, 0.2) is 5.51 Å². The molecular weight excluding hydrogens is 218 g/mol. The molecule has 2 N–H and O–H groups in total. The van der Waals surface area contributed by atoms with Gasteiger partial charge in [0.05, 0.1) is 5.41 Å². The van der Waals surface area contributed by atoms with Gasteiger partial charge in [0.2, 0.25) is 11.0 Å². The summed E-state index contributed by atoms with van der Waals surface area (Å²) >= 11 is 1.18. The third-order valence-corrected chi connectivity index (χ3v) is 2.39. The van der Waals surface area contributed by atoms with Crippen LogP contribution >= 0.6 is 11.3 Å². The van der Waals surface area contributed by atoms with Crippen molar-refractivity contribution in [3.05, 3.63) is 5.51 Å². The predicted octanol–water partition coefficient (Wildman–Crippen LogP) is 0.977. The summed E-state index contributed by atoms with van der Waals surface area (Å²) in [6, 6.07) is 0. The van der Waals surface area contributed by atoms with Crippen molar-refractivity contribution in [1.29, 1.82) is 0 Å². The highest BCUT2D eigenvalue weighted by atomic mass is 32.1. The fraction of sp³-hybridized carbons (Fsp3) is 0.500. The number of carbonyl (C=O) groups is 2. The molecule has 1 aromatic rings. The van der Waals surface area contributed by atoms with Crippen LogP contribution in [0.3, 0.4) is 0 Å². The first-order valence-corrected chi connectivity index (χ1v) is 5.09. The first-order valence-electron chi connectivity index (χ1n) is 4.21. The van der Waals surface area contributed by atoms with Gasteiger partial charge in [0.15, 0.2) is 0 Å². The van der Waals surface area contributed by atoms with Gasteiger partial charge in [-0.3, -0.25) is 9.59 Å². The Bertz CT molecular complexity index is 361. The van der Waals surface area contributed by atoms with E-state index in [0.717, 1.165) is 0 Å². The first kappa shape index (κ1) is 11.6. The first-order chi connectivity index (χ1) is 6.92. The highest BCUT2D eigenvalue weighted by molar-refractivity contribution is 7.13. The van der Waals surface area contributed by atoms with Gasteiger partial charge in [-0.05, 0) is 13.8 Å². The van der Waals surface area contributed by atoms with Crippen molar-refractivity contribution in [2.45, 2.75) is 20.3 Å². The number of carboxylic acid groups (broad SMARTS) is 1. The van der Waals surface area contributed by atoms with E-state index in [9.17, 15) is 9.59 Å². The van der Waals surface area contributed by atoms with Gasteiger partial charge in [0, 0.05) is 6.42 Å². The van der Waals surface area contributed by atoms with Crippen LogP contribution in [-0.2, 0) is 9.59 Å². The summed E-state index contributed by atoms with van der Waals surface area (Å²) in [5, 5.41) is 18.8. The molecule has 0 fully saturated rings. The van der Waals surface area contributed by atoms with E-state index >= 15 is 0 Å². The zero-order chi connectivity index (χ0) is 11.5. The molecule has 0 aliphatic rings. The Hall–Kier alpha value is -1.50. The zero-order valence-corrected chi connectivity index (χ0v) is 9.17. The number of hydrogen-bond acceptors (Lipinski definition) is 5. The summed E-state index contributed by atoms with van der Waals surface area (Å²) in [6.45, 7) is 2.99. The van der Waals surface area contributed by atoms with Crippen molar-refractivity contribution in [2.24, 2.45) is 5.41 Å². The fourth-order valence-electron chi connectivity index (χ4n) is 0.868. The molecule has 0 unspecified atom stereocenters. The van der Waals surface area contributed by atoms with Gasteiger partial charge in [-0.15, -0.1) is 10.2 Å². The number of rotatable bonds is 4. The molecule has 0 spiro atoms. The summed E-state index contributed by atoms with van der Waals surface area (Å²) in [5.41, 5.74) is 0.409. The Morgan fingerprint density at radius 3 is 2.73 bits per heavy atom. The molecule has 0 saturated carbocycles. The molecule has 0 bridgehead atoms. The monoisotopic (exact) mass is 229 g/mol. The number of carboxylic acids is 1. The van der Waals surface area contributed by atoms with E-state index < -0.39 is 11.4 Å². The van der Waals surface area contributed by atoms with Crippen LogP contribution < -0.4 is 5.32 Å². The average molecular weight is 229 g/mol. The van der Waals surface area contributed by atoms with Gasteiger partial charge >= 0.3 is 5.97 Å². The van der Waals surface area contributed by atoms with Gasteiger partial charge < -0.3 is 10.4 Å². The maximum absolute atomic E-state index is 11.4. The number of nitrogens with one attached hydrogen (secondary N) is 1. The Labute approximate surface area is 90.3 Å². The van der Waals surface area contributed by atoms with E-state index in [1.54, 1.807) is 0 Å². The van der Waals surface area contributed by atoms with E-state index in [-0.39, 0.29) is 12.3 Å². The molecule has 0 aromatic carbocycles. The molecule has 0 aliphatic carbocycles. The van der Waals surface area contributed by atoms with Gasteiger partial charge in [0.1, 0.15) is 5.51 Å². The number of hydrogen-bond donors (Lipinski definition) is 2. The van der Waals surface area contributed by atoms with Gasteiger partial charge in [-0.25, -0.2) is 0 Å². The molecule has 82 valence electrons. The molecule has 15 heavy (non-hydrogen) atoms. The second-order valence-electron chi connectivity index (χ2n) is 3.66. The Morgan fingerprint density at radius 1 is 1.60 bits per heavy atom. The lowest BCUT2D eigenvalue weighted by molar-refractivity contribution is -0.148. The fourth-order valence-corrected chi connectivity index (χ4v) is 1.33. The second-order valence-corrected chi connectivity index (χ2v) is 4.49. The molecule has 1 aromatic heterocycles. The molecular formula is C8H11N3O3S. The topological polar surface area (TPSA) is 92.2 Å². The molecule has 1 heterocycles. The van der Waals surface area contributed by atoms with Crippen LogP contribution in [0.4, 0.5) is 5.13 Å². The minimum absolute atomic E-state index is 0.0953. The average Bonchev–Trinajstić information content (AvgIpc) is 2.54. The Kier molecular flexibility index (Phi) is 3.35. The van der Waals surface area contributed by atoms with Crippen LogP contribution in [0.1, 0.15) is 20.3 Å². The summed E-state index contributed by atoms with van der Waals surface area (Å²) in [5.74, 6) is -1.38. The lowest BCUT2D eigenvalue weighted by atomic mass is 9.89. The van der Waals surface area contributed by atoms with Crippen molar-refractivity contribution >= 4 is 28.3 Å². The van der Waals surface area contributed by atoms with Crippen LogP contribution in [-0.4, -0.2) is 27.2 Å². The smallest absolute Gasteiger partial charge is 0.309 e. The number of carbonyl (C=O) groups excluding carboxylic acids is 1. The van der Waals surface area contributed by atoms with E-state index in [1.165, 1.54) is 30.7 Å². The van der Waals surface area contributed by atoms with Crippen molar-refractivity contribution in [2.75, 3.05) is 5.32 Å². The molecule has 7 heteroatoms. The van der Waals surface area contributed by atoms with Gasteiger partial charge in [0.25, 0.3) is 0 Å². The van der Waals surface area contributed by atoms with E-state index in [4.69, 9.17) is 5.11 Å². The molecule has 6 nitrogen and oxygen atoms in total. The summed E-state index contributed by atoms with van der Waals surface area (Å²) < 4.78 is 0. The summed E-state index contributed by atoms with van der Waals surface area (Å²) in [7, 11) is 0. The maximum Gasteiger partial charge on any atom is 0.309 e. The zero-order valence-electron chi connectivity index (χ0n) is 8.35. The minimum atomic E-state index is -1.07. The number of amides is 1. The van der Waals surface area contributed by atoms with E-state index in [1.807, 2.05) is 0 Å². The molecule has 0 radical (unpaired) electrons. The quantitative estimate of drug-likeness (QED) is 0.802. The number of nitrogens with zero attached hydrogens (tertiary/aromatic N) is 2. The molecule has 1 rings (SSSR count). The van der Waals surface area contributed by atoms with Crippen molar-refractivity contribution in [3.63, 3.8) is 0 Å².